The normalized spacial score (nSPS) is 15.0. The molecule has 4 rings (SSSR count). The Hall–Kier alpha value is -3.85. The summed E-state index contributed by atoms with van der Waals surface area (Å²) < 4.78 is 6.87. The van der Waals surface area contributed by atoms with Gasteiger partial charge >= 0.3 is 0 Å². The molecule has 2 amide bonds. The summed E-state index contributed by atoms with van der Waals surface area (Å²) in [6.07, 6.45) is 1.65. The van der Waals surface area contributed by atoms with Gasteiger partial charge in [0.05, 0.1) is 28.7 Å². The fourth-order valence-electron chi connectivity index (χ4n) is 3.68. The zero-order chi connectivity index (χ0) is 23.0. The lowest BCUT2D eigenvalue weighted by Crippen LogP contribution is -2.27. The van der Waals surface area contributed by atoms with Crippen LogP contribution in [0.4, 0.5) is 16.2 Å². The minimum absolute atomic E-state index is 0.0953. The highest BCUT2D eigenvalue weighted by Gasteiger charge is 2.36. The molecule has 0 bridgehead atoms. The summed E-state index contributed by atoms with van der Waals surface area (Å²) in [6, 6.07) is 15.2. The molecular formula is C23H19N3O5S. The second-order valence-corrected chi connectivity index (χ2v) is 8.12. The molecule has 0 saturated carbocycles. The third-order valence-electron chi connectivity index (χ3n) is 5.19. The molecule has 32 heavy (non-hydrogen) atoms. The Kier molecular flexibility index (Phi) is 5.58. The fourth-order valence-corrected chi connectivity index (χ4v) is 4.51. The van der Waals surface area contributed by atoms with Crippen LogP contribution in [0.5, 0.6) is 5.75 Å². The van der Waals surface area contributed by atoms with Crippen LogP contribution < -0.4 is 9.64 Å². The van der Waals surface area contributed by atoms with Crippen molar-refractivity contribution >= 4 is 40.4 Å². The summed E-state index contributed by atoms with van der Waals surface area (Å²) in [5.74, 6) is -0.0100. The van der Waals surface area contributed by atoms with Crippen molar-refractivity contribution in [1.82, 2.24) is 4.57 Å². The topological polar surface area (TPSA) is 94.7 Å². The number of rotatable bonds is 5. The number of carbonyl (C=O) groups is 2. The van der Waals surface area contributed by atoms with Crippen LogP contribution in [0.2, 0.25) is 0 Å². The number of aryl methyl sites for hydroxylation is 1. The van der Waals surface area contributed by atoms with E-state index in [1.165, 1.54) is 13.2 Å². The van der Waals surface area contributed by atoms with Crippen LogP contribution in [0.25, 0.3) is 11.8 Å². The van der Waals surface area contributed by atoms with Gasteiger partial charge in [-0.1, -0.05) is 18.2 Å². The van der Waals surface area contributed by atoms with E-state index in [0.717, 1.165) is 22.4 Å². The van der Waals surface area contributed by atoms with Gasteiger partial charge in [-0.25, -0.2) is 4.90 Å². The summed E-state index contributed by atoms with van der Waals surface area (Å²) in [5.41, 5.74) is 2.97. The third-order valence-corrected chi connectivity index (χ3v) is 6.05. The number of para-hydroxylation sites is 1. The highest BCUT2D eigenvalue weighted by atomic mass is 32.2. The fraction of sp³-hybridized carbons (Fsp3) is 0.130. The molecule has 0 N–H and O–H groups in total. The van der Waals surface area contributed by atoms with Crippen molar-refractivity contribution in [3.05, 3.63) is 86.6 Å². The molecular weight excluding hydrogens is 430 g/mol. The summed E-state index contributed by atoms with van der Waals surface area (Å²) >= 11 is 0.869. The first-order valence-electron chi connectivity index (χ1n) is 9.66. The van der Waals surface area contributed by atoms with Crippen LogP contribution in [0.3, 0.4) is 0 Å². The van der Waals surface area contributed by atoms with Gasteiger partial charge in [0.1, 0.15) is 11.4 Å². The number of anilines is 1. The Morgan fingerprint density at radius 2 is 1.78 bits per heavy atom. The molecule has 1 aliphatic rings. The van der Waals surface area contributed by atoms with Gasteiger partial charge in [-0.15, -0.1) is 0 Å². The summed E-state index contributed by atoms with van der Waals surface area (Å²) in [4.78, 5) is 38.0. The summed E-state index contributed by atoms with van der Waals surface area (Å²) in [6.45, 7) is 3.64. The molecule has 0 aliphatic carbocycles. The van der Waals surface area contributed by atoms with Crippen LogP contribution in [-0.2, 0) is 4.79 Å². The van der Waals surface area contributed by atoms with Crippen molar-refractivity contribution < 1.29 is 19.2 Å². The number of amides is 2. The number of methoxy groups -OCH3 is 1. The molecule has 1 aromatic heterocycles. The lowest BCUT2D eigenvalue weighted by Gasteiger charge is -2.12. The molecule has 2 heterocycles. The van der Waals surface area contributed by atoms with Crippen molar-refractivity contribution in [3.8, 4) is 11.4 Å². The maximum absolute atomic E-state index is 12.9. The van der Waals surface area contributed by atoms with Crippen LogP contribution in [0, 0.1) is 24.0 Å². The van der Waals surface area contributed by atoms with Gasteiger partial charge in [0.25, 0.3) is 16.8 Å². The van der Waals surface area contributed by atoms with Crippen molar-refractivity contribution in [2.75, 3.05) is 12.0 Å². The number of aromatic nitrogens is 1. The van der Waals surface area contributed by atoms with Crippen molar-refractivity contribution in [3.63, 3.8) is 0 Å². The van der Waals surface area contributed by atoms with Crippen molar-refractivity contribution in [2.45, 2.75) is 13.8 Å². The van der Waals surface area contributed by atoms with E-state index in [4.69, 9.17) is 4.74 Å². The number of hydrogen-bond donors (Lipinski definition) is 0. The number of nitrogens with zero attached hydrogens (tertiary/aromatic N) is 3. The number of carbonyl (C=O) groups excluding carboxylic acids is 2. The standard InChI is InChI=1S/C23H19N3O5S/c1-14-11-16(12-21-22(27)25(23(28)32-21)17-7-5-4-6-8-17)15(2)24(14)19-10-9-18(31-3)13-20(19)26(29)30/h4-13H,1-3H3/b21-12+. The number of thioether (sulfide) groups is 1. The molecule has 1 saturated heterocycles. The average Bonchev–Trinajstić information content (AvgIpc) is 3.22. The van der Waals surface area contributed by atoms with Gasteiger partial charge in [0.2, 0.25) is 0 Å². The second-order valence-electron chi connectivity index (χ2n) is 7.13. The van der Waals surface area contributed by atoms with E-state index in [2.05, 4.69) is 0 Å². The van der Waals surface area contributed by atoms with Gasteiger partial charge < -0.3 is 9.30 Å². The Bertz CT molecular complexity index is 1280. The predicted molar refractivity (Wildman–Crippen MR) is 123 cm³/mol. The first kappa shape index (κ1) is 21.4. The highest BCUT2D eigenvalue weighted by molar-refractivity contribution is 8.19. The van der Waals surface area contributed by atoms with E-state index < -0.39 is 10.8 Å². The molecule has 1 aliphatic heterocycles. The number of nitro benzene ring substituents is 1. The molecule has 0 atom stereocenters. The molecule has 2 aromatic carbocycles. The number of benzene rings is 2. The quantitative estimate of drug-likeness (QED) is 0.300. The van der Waals surface area contributed by atoms with Crippen LogP contribution >= 0.6 is 11.8 Å². The second kappa shape index (κ2) is 8.35. The van der Waals surface area contributed by atoms with Gasteiger partial charge in [0.15, 0.2) is 0 Å². The predicted octanol–water partition coefficient (Wildman–Crippen LogP) is 5.25. The lowest BCUT2D eigenvalue weighted by molar-refractivity contribution is -0.384. The summed E-state index contributed by atoms with van der Waals surface area (Å²) in [5, 5.41) is 11.3. The zero-order valence-electron chi connectivity index (χ0n) is 17.6. The van der Waals surface area contributed by atoms with Crippen LogP contribution in [-0.4, -0.2) is 27.7 Å². The zero-order valence-corrected chi connectivity index (χ0v) is 18.4. The molecule has 0 radical (unpaired) electrons. The smallest absolute Gasteiger partial charge is 0.298 e. The van der Waals surface area contributed by atoms with Gasteiger partial charge in [-0.2, -0.15) is 0 Å². The van der Waals surface area contributed by atoms with Crippen LogP contribution in [0.1, 0.15) is 17.0 Å². The maximum Gasteiger partial charge on any atom is 0.298 e. The number of nitro groups is 1. The molecule has 0 spiro atoms. The van der Waals surface area contributed by atoms with Gasteiger partial charge in [-0.3, -0.25) is 19.7 Å². The SMILES string of the molecule is COc1ccc(-n2c(C)cc(/C=C3/SC(=O)N(c4ccccc4)C3=O)c2C)c([N+](=O)[O-])c1. The first-order valence-corrected chi connectivity index (χ1v) is 10.5. The number of ether oxygens (including phenoxy) is 1. The molecule has 3 aromatic rings. The largest absolute Gasteiger partial charge is 0.496 e. The van der Waals surface area contributed by atoms with Crippen molar-refractivity contribution in [2.24, 2.45) is 0 Å². The van der Waals surface area contributed by atoms with E-state index in [1.807, 2.05) is 26.0 Å². The number of imide groups is 1. The van der Waals surface area contributed by atoms with E-state index >= 15 is 0 Å². The molecule has 162 valence electrons. The molecule has 1 fully saturated rings. The van der Waals surface area contributed by atoms with Crippen molar-refractivity contribution in [1.29, 1.82) is 0 Å². The number of hydrogen-bond acceptors (Lipinski definition) is 6. The highest BCUT2D eigenvalue weighted by Crippen LogP contribution is 2.37. The third kappa shape index (κ3) is 3.67. The minimum Gasteiger partial charge on any atom is -0.496 e. The Labute approximate surface area is 188 Å². The van der Waals surface area contributed by atoms with E-state index in [0.29, 0.717) is 33.3 Å². The van der Waals surface area contributed by atoms with E-state index in [-0.39, 0.29) is 10.9 Å². The Morgan fingerprint density at radius 3 is 2.44 bits per heavy atom. The molecule has 0 unspecified atom stereocenters. The average molecular weight is 449 g/mol. The Balaban J connectivity index is 1.75. The molecule has 9 heteroatoms. The summed E-state index contributed by atoms with van der Waals surface area (Å²) in [7, 11) is 1.45. The Morgan fingerprint density at radius 1 is 1.06 bits per heavy atom. The monoisotopic (exact) mass is 449 g/mol. The molecule has 8 nitrogen and oxygen atoms in total. The lowest BCUT2D eigenvalue weighted by atomic mass is 10.2. The van der Waals surface area contributed by atoms with E-state index in [1.54, 1.807) is 47.0 Å². The first-order chi connectivity index (χ1) is 15.3. The van der Waals surface area contributed by atoms with Gasteiger partial charge in [0, 0.05) is 11.4 Å². The van der Waals surface area contributed by atoms with E-state index in [9.17, 15) is 19.7 Å². The minimum atomic E-state index is -0.457. The maximum atomic E-state index is 12.9. The van der Waals surface area contributed by atoms with Crippen LogP contribution in [0.15, 0.2) is 59.5 Å². The van der Waals surface area contributed by atoms with Gasteiger partial charge in [-0.05, 0) is 67.6 Å².